The highest BCUT2D eigenvalue weighted by molar-refractivity contribution is 7.99. The van der Waals surface area contributed by atoms with Crippen LogP contribution in [0.3, 0.4) is 0 Å². The van der Waals surface area contributed by atoms with E-state index in [1.54, 1.807) is 0 Å². The molecule has 1 N–H and O–H groups in total. The molecule has 2 rings (SSSR count). The van der Waals surface area contributed by atoms with Gasteiger partial charge in [-0.25, -0.2) is 0 Å². The molecule has 0 aliphatic carbocycles. The first kappa shape index (κ1) is 21.3. The van der Waals surface area contributed by atoms with Gasteiger partial charge in [0, 0.05) is 12.1 Å². The summed E-state index contributed by atoms with van der Waals surface area (Å²) in [4.78, 5) is 11.6. The molecule has 1 heterocycles. The van der Waals surface area contributed by atoms with Gasteiger partial charge in [0.1, 0.15) is 6.54 Å². The molecule has 1 amide bonds. The molecule has 9 heteroatoms. The highest BCUT2D eigenvalue weighted by Gasteiger charge is 2.27. The minimum Gasteiger partial charge on any atom is -0.346 e. The normalized spacial score (nSPS) is 12.3. The van der Waals surface area contributed by atoms with E-state index < -0.39 is 18.6 Å². The van der Waals surface area contributed by atoms with Crippen molar-refractivity contribution in [2.45, 2.75) is 51.0 Å². The van der Waals surface area contributed by atoms with E-state index in [2.05, 4.69) is 31.0 Å². The van der Waals surface area contributed by atoms with Gasteiger partial charge in [0.05, 0.1) is 5.75 Å². The molecular formula is C18H23F3N4OS. The maximum absolute atomic E-state index is 12.1. The minimum atomic E-state index is -4.42. The summed E-state index contributed by atoms with van der Waals surface area (Å²) in [5.74, 6) is -0.188. The van der Waals surface area contributed by atoms with E-state index in [9.17, 15) is 18.0 Å². The topological polar surface area (TPSA) is 59.8 Å². The quantitative estimate of drug-likeness (QED) is 0.744. The summed E-state index contributed by atoms with van der Waals surface area (Å²) in [6, 6.07) is 8.03. The third-order valence-electron chi connectivity index (χ3n) is 3.86. The number of benzene rings is 1. The number of rotatable bonds is 6. The molecule has 2 aromatic rings. The second-order valence-electron chi connectivity index (χ2n) is 7.06. The van der Waals surface area contributed by atoms with Crippen LogP contribution in [-0.4, -0.2) is 39.1 Å². The number of alkyl halides is 3. The average molecular weight is 400 g/mol. The smallest absolute Gasteiger partial charge is 0.346 e. The molecular weight excluding hydrogens is 377 g/mol. The first-order valence-corrected chi connectivity index (χ1v) is 9.50. The monoisotopic (exact) mass is 400 g/mol. The highest BCUT2D eigenvalue weighted by Crippen LogP contribution is 2.27. The van der Waals surface area contributed by atoms with Gasteiger partial charge in [-0.2, -0.15) is 13.2 Å². The van der Waals surface area contributed by atoms with Gasteiger partial charge in [-0.3, -0.25) is 4.79 Å². The Morgan fingerprint density at radius 3 is 2.30 bits per heavy atom. The highest BCUT2D eigenvalue weighted by atomic mass is 32.2. The predicted octanol–water partition coefficient (Wildman–Crippen LogP) is 4.03. The standard InChI is InChI=1S/C18H23F3N4OS/c1-5-25-15(12-6-8-13(9-7-12)17(2,3)4)23-24-16(25)27-10-14(26)22-11-18(19,20)21/h6-9H,5,10-11H2,1-4H3,(H,22,26). The molecule has 0 saturated heterocycles. The van der Waals surface area contributed by atoms with Gasteiger partial charge < -0.3 is 9.88 Å². The van der Waals surface area contributed by atoms with Crippen molar-refractivity contribution in [1.82, 2.24) is 20.1 Å². The zero-order valence-corrected chi connectivity index (χ0v) is 16.5. The Balaban J connectivity index is 2.09. The van der Waals surface area contributed by atoms with E-state index in [4.69, 9.17) is 0 Å². The molecule has 0 unspecified atom stereocenters. The van der Waals surface area contributed by atoms with Crippen LogP contribution in [0.1, 0.15) is 33.3 Å². The minimum absolute atomic E-state index is 0.0434. The largest absolute Gasteiger partial charge is 0.405 e. The third-order valence-corrected chi connectivity index (χ3v) is 4.83. The number of halogens is 3. The van der Waals surface area contributed by atoms with Gasteiger partial charge in [-0.15, -0.1) is 10.2 Å². The number of nitrogens with zero attached hydrogens (tertiary/aromatic N) is 3. The first-order valence-electron chi connectivity index (χ1n) is 8.51. The summed E-state index contributed by atoms with van der Waals surface area (Å²) in [6.45, 7) is 7.57. The van der Waals surface area contributed by atoms with Crippen LogP contribution in [0.25, 0.3) is 11.4 Å². The number of amides is 1. The van der Waals surface area contributed by atoms with Crippen LogP contribution < -0.4 is 5.32 Å². The van der Waals surface area contributed by atoms with Crippen molar-refractivity contribution in [2.75, 3.05) is 12.3 Å². The number of nitrogens with one attached hydrogen (secondary N) is 1. The molecule has 1 aromatic carbocycles. The lowest BCUT2D eigenvalue weighted by Gasteiger charge is -2.19. The second-order valence-corrected chi connectivity index (χ2v) is 8.00. The maximum atomic E-state index is 12.1. The zero-order chi connectivity index (χ0) is 20.2. The molecule has 27 heavy (non-hydrogen) atoms. The maximum Gasteiger partial charge on any atom is 0.405 e. The third kappa shape index (κ3) is 5.98. The van der Waals surface area contributed by atoms with Gasteiger partial charge in [0.15, 0.2) is 11.0 Å². The number of hydrogen-bond acceptors (Lipinski definition) is 4. The molecule has 1 aromatic heterocycles. The van der Waals surface area contributed by atoms with Crippen LogP contribution in [-0.2, 0) is 16.8 Å². The Morgan fingerprint density at radius 1 is 1.15 bits per heavy atom. The fourth-order valence-electron chi connectivity index (χ4n) is 2.39. The number of carbonyl (C=O) groups excluding carboxylic acids is 1. The zero-order valence-electron chi connectivity index (χ0n) is 15.7. The van der Waals surface area contributed by atoms with E-state index >= 15 is 0 Å². The van der Waals surface area contributed by atoms with Crippen molar-refractivity contribution in [3.05, 3.63) is 29.8 Å². The van der Waals surface area contributed by atoms with E-state index in [0.29, 0.717) is 17.5 Å². The molecule has 5 nitrogen and oxygen atoms in total. The Labute approximate surface area is 160 Å². The second kappa shape index (κ2) is 8.33. The summed E-state index contributed by atoms with van der Waals surface area (Å²) >= 11 is 1.06. The van der Waals surface area contributed by atoms with E-state index in [-0.39, 0.29) is 11.2 Å². The van der Waals surface area contributed by atoms with E-state index in [1.165, 1.54) is 5.56 Å². The van der Waals surface area contributed by atoms with Gasteiger partial charge >= 0.3 is 6.18 Å². The Kier molecular flexibility index (Phi) is 6.56. The van der Waals surface area contributed by atoms with Crippen molar-refractivity contribution in [2.24, 2.45) is 0 Å². The average Bonchev–Trinajstić information content (AvgIpc) is 2.99. The molecule has 0 fully saturated rings. The van der Waals surface area contributed by atoms with Crippen LogP contribution in [0.4, 0.5) is 13.2 Å². The molecule has 0 saturated carbocycles. The van der Waals surface area contributed by atoms with Gasteiger partial charge in [-0.1, -0.05) is 56.8 Å². The molecule has 0 radical (unpaired) electrons. The van der Waals surface area contributed by atoms with Gasteiger partial charge in [0.25, 0.3) is 0 Å². The first-order chi connectivity index (χ1) is 12.5. The summed E-state index contributed by atoms with van der Waals surface area (Å²) in [7, 11) is 0. The predicted molar refractivity (Wildman–Crippen MR) is 99.6 cm³/mol. The lowest BCUT2D eigenvalue weighted by atomic mass is 9.87. The van der Waals surface area contributed by atoms with Gasteiger partial charge in [-0.05, 0) is 17.9 Å². The Bertz CT molecular complexity index is 779. The number of hydrogen-bond donors (Lipinski definition) is 1. The van der Waals surface area contributed by atoms with E-state index in [0.717, 1.165) is 17.3 Å². The van der Waals surface area contributed by atoms with Crippen molar-refractivity contribution in [3.8, 4) is 11.4 Å². The number of thioether (sulfide) groups is 1. The van der Waals surface area contributed by atoms with Crippen LogP contribution >= 0.6 is 11.8 Å². The van der Waals surface area contributed by atoms with Crippen LogP contribution in [0.5, 0.6) is 0 Å². The van der Waals surface area contributed by atoms with Crippen LogP contribution in [0.2, 0.25) is 0 Å². The van der Waals surface area contributed by atoms with Crippen LogP contribution in [0.15, 0.2) is 29.4 Å². The van der Waals surface area contributed by atoms with Crippen molar-refractivity contribution >= 4 is 17.7 Å². The summed E-state index contributed by atoms with van der Waals surface area (Å²) < 4.78 is 38.3. The fourth-order valence-corrected chi connectivity index (χ4v) is 3.23. The lowest BCUT2D eigenvalue weighted by molar-refractivity contribution is -0.136. The van der Waals surface area contributed by atoms with Crippen molar-refractivity contribution in [3.63, 3.8) is 0 Å². The Morgan fingerprint density at radius 2 is 1.78 bits per heavy atom. The molecule has 148 valence electrons. The molecule has 0 aliphatic heterocycles. The summed E-state index contributed by atoms with van der Waals surface area (Å²) in [5, 5.41) is 10.6. The molecule has 0 bridgehead atoms. The lowest BCUT2D eigenvalue weighted by Crippen LogP contribution is -2.34. The Hall–Kier alpha value is -2.03. The van der Waals surface area contributed by atoms with Crippen molar-refractivity contribution < 1.29 is 18.0 Å². The fraction of sp³-hybridized carbons (Fsp3) is 0.500. The summed E-state index contributed by atoms with van der Waals surface area (Å²) in [6.07, 6.45) is -4.42. The SMILES string of the molecule is CCn1c(SCC(=O)NCC(F)(F)F)nnc1-c1ccc(C(C)(C)C)cc1. The molecule has 0 spiro atoms. The van der Waals surface area contributed by atoms with E-state index in [1.807, 2.05) is 41.1 Å². The van der Waals surface area contributed by atoms with Crippen LogP contribution in [0, 0.1) is 0 Å². The molecule has 0 atom stereocenters. The number of aromatic nitrogens is 3. The molecule has 0 aliphatic rings. The van der Waals surface area contributed by atoms with Gasteiger partial charge in [0.2, 0.25) is 5.91 Å². The summed E-state index contributed by atoms with van der Waals surface area (Å²) in [5.41, 5.74) is 2.14. The number of carbonyl (C=O) groups is 1. The van der Waals surface area contributed by atoms with Crippen molar-refractivity contribution in [1.29, 1.82) is 0 Å².